The first-order chi connectivity index (χ1) is 14.2. The highest BCUT2D eigenvalue weighted by atomic mass is 32.2. The second-order valence-corrected chi connectivity index (χ2v) is 8.25. The maximum atomic E-state index is 10.8. The summed E-state index contributed by atoms with van der Waals surface area (Å²) in [5.41, 5.74) is 4.30. The van der Waals surface area contributed by atoms with Gasteiger partial charge in [-0.15, -0.1) is 0 Å². The van der Waals surface area contributed by atoms with Crippen molar-refractivity contribution in [3.63, 3.8) is 0 Å². The summed E-state index contributed by atoms with van der Waals surface area (Å²) in [5, 5.41) is 21.6. The molecule has 7 nitrogen and oxygen atoms in total. The van der Waals surface area contributed by atoms with E-state index in [1.165, 1.54) is 23.3 Å². The number of aromatic nitrogens is 1. The van der Waals surface area contributed by atoms with Gasteiger partial charge < -0.3 is 4.74 Å². The van der Waals surface area contributed by atoms with Crippen LogP contribution in [0.25, 0.3) is 0 Å². The molecule has 1 aromatic heterocycles. The smallest absolute Gasteiger partial charge is 0.278 e. The first-order valence-electron chi connectivity index (χ1n) is 9.87. The molecule has 2 aromatic rings. The number of nitrogens with one attached hydrogen (secondary N) is 1. The lowest BCUT2D eigenvalue weighted by Crippen LogP contribution is -2.41. The standard InChI is InChI=1S/C21H22N4O3S/c22-13-19-17-3-1-2-4-18(17)20(24-9-11-28-12-10-24)23-21(19)29-14-15-5-7-16(8-6-15)25(26)27/h5-8H,1-4,9-12,14H2/p+1. The van der Waals surface area contributed by atoms with E-state index in [9.17, 15) is 15.4 Å². The van der Waals surface area contributed by atoms with Crippen molar-refractivity contribution in [2.24, 2.45) is 0 Å². The maximum absolute atomic E-state index is 10.8. The van der Waals surface area contributed by atoms with E-state index >= 15 is 0 Å². The summed E-state index contributed by atoms with van der Waals surface area (Å²) in [6, 6.07) is 9.03. The highest BCUT2D eigenvalue weighted by Gasteiger charge is 2.30. The van der Waals surface area contributed by atoms with Gasteiger partial charge in [0.25, 0.3) is 11.5 Å². The van der Waals surface area contributed by atoms with Crippen molar-refractivity contribution in [1.82, 2.24) is 0 Å². The summed E-state index contributed by atoms with van der Waals surface area (Å²) in [6.45, 7) is 3.13. The number of nitro groups is 1. The Hall–Kier alpha value is -2.63. The maximum Gasteiger partial charge on any atom is 0.278 e. The van der Waals surface area contributed by atoms with Gasteiger partial charge in [-0.25, -0.2) is 4.98 Å². The summed E-state index contributed by atoms with van der Waals surface area (Å²) in [7, 11) is 0. The molecule has 8 heteroatoms. The zero-order chi connectivity index (χ0) is 20.2. The molecular formula is C21H23N4O3S+. The monoisotopic (exact) mass is 411 g/mol. The Morgan fingerprint density at radius 3 is 2.52 bits per heavy atom. The van der Waals surface area contributed by atoms with Crippen LogP contribution in [0.15, 0.2) is 29.3 Å². The van der Waals surface area contributed by atoms with Crippen LogP contribution in [0.1, 0.15) is 35.1 Å². The number of anilines is 1. The molecule has 0 amide bonds. The van der Waals surface area contributed by atoms with Crippen molar-refractivity contribution in [2.75, 3.05) is 31.2 Å². The van der Waals surface area contributed by atoms with Crippen molar-refractivity contribution in [1.29, 1.82) is 5.26 Å². The molecule has 0 bridgehead atoms. The lowest BCUT2D eigenvalue weighted by atomic mass is 9.89. The molecule has 0 unspecified atom stereocenters. The minimum absolute atomic E-state index is 0.0893. The largest absolute Gasteiger partial charge is 0.373 e. The molecule has 0 saturated carbocycles. The van der Waals surface area contributed by atoms with Crippen molar-refractivity contribution < 1.29 is 14.6 Å². The quantitative estimate of drug-likeness (QED) is 0.426. The van der Waals surface area contributed by atoms with Gasteiger partial charge in [0.1, 0.15) is 24.7 Å². The zero-order valence-electron chi connectivity index (χ0n) is 16.1. The number of fused-ring (bicyclic) bond motifs is 1. The summed E-state index contributed by atoms with van der Waals surface area (Å²) in [6.07, 6.45) is 4.20. The minimum Gasteiger partial charge on any atom is -0.373 e. The number of aromatic amines is 1. The van der Waals surface area contributed by atoms with Gasteiger partial charge in [-0.1, -0.05) is 23.9 Å². The number of hydrogen-bond acceptors (Lipinski definition) is 6. The Morgan fingerprint density at radius 1 is 1.17 bits per heavy atom. The van der Waals surface area contributed by atoms with Crippen molar-refractivity contribution in [2.45, 2.75) is 36.5 Å². The number of pyridine rings is 1. The third-order valence-electron chi connectivity index (χ3n) is 5.48. The van der Waals surface area contributed by atoms with Gasteiger partial charge in [0.05, 0.1) is 18.1 Å². The predicted octanol–water partition coefficient (Wildman–Crippen LogP) is 3.29. The molecule has 0 atom stereocenters. The summed E-state index contributed by atoms with van der Waals surface area (Å²) in [5.74, 6) is 1.78. The van der Waals surface area contributed by atoms with Crippen molar-refractivity contribution in [3.05, 3.63) is 56.6 Å². The lowest BCUT2D eigenvalue weighted by molar-refractivity contribution is -0.414. The topological polar surface area (TPSA) is 93.5 Å². The van der Waals surface area contributed by atoms with Gasteiger partial charge in [-0.3, -0.25) is 15.0 Å². The molecule has 0 radical (unpaired) electrons. The normalized spacial score (nSPS) is 16.2. The average Bonchev–Trinajstić information content (AvgIpc) is 2.77. The molecule has 0 spiro atoms. The molecule has 150 valence electrons. The van der Waals surface area contributed by atoms with E-state index in [0.29, 0.717) is 19.0 Å². The molecular weight excluding hydrogens is 388 g/mol. The van der Waals surface area contributed by atoms with Crippen LogP contribution in [-0.2, 0) is 23.3 Å². The first-order valence-corrected chi connectivity index (χ1v) is 10.9. The van der Waals surface area contributed by atoms with Crippen LogP contribution in [0, 0.1) is 21.4 Å². The Bertz CT molecular complexity index is 950. The number of thioether (sulfide) groups is 1. The predicted molar refractivity (Wildman–Crippen MR) is 110 cm³/mol. The number of morpholine rings is 1. The molecule has 1 fully saturated rings. The number of non-ortho nitro benzene ring substituents is 1. The second kappa shape index (κ2) is 8.80. The number of ether oxygens (including phenoxy) is 1. The Labute approximate surface area is 173 Å². The van der Waals surface area contributed by atoms with Gasteiger partial charge in [0.15, 0.2) is 5.03 Å². The lowest BCUT2D eigenvalue weighted by Gasteiger charge is -2.26. The summed E-state index contributed by atoms with van der Waals surface area (Å²) < 4.78 is 5.51. The highest BCUT2D eigenvalue weighted by molar-refractivity contribution is 7.98. The number of hydrogen-bond donors (Lipinski definition) is 0. The molecule has 2 heterocycles. The Kier molecular flexibility index (Phi) is 5.97. The minimum atomic E-state index is -0.392. The summed E-state index contributed by atoms with van der Waals surface area (Å²) >= 11 is 1.58. The van der Waals surface area contributed by atoms with E-state index in [1.807, 2.05) is 0 Å². The number of H-pyrrole nitrogens is 1. The van der Waals surface area contributed by atoms with Crippen LogP contribution < -0.4 is 9.88 Å². The fourth-order valence-corrected chi connectivity index (χ4v) is 4.96. The van der Waals surface area contributed by atoms with Crippen molar-refractivity contribution in [3.8, 4) is 6.07 Å². The molecule has 1 aromatic carbocycles. The van der Waals surface area contributed by atoms with Gasteiger partial charge >= 0.3 is 0 Å². The molecule has 4 rings (SSSR count). The third-order valence-corrected chi connectivity index (χ3v) is 6.56. The fourth-order valence-electron chi connectivity index (χ4n) is 3.98. The SMILES string of the molecule is N#Cc1c(SCc2ccc([N+](=O)[O-])cc2)[nH+]c(N2CCOCC2)c2c1CCCC2. The van der Waals surface area contributed by atoms with Gasteiger partial charge in [-0.2, -0.15) is 5.26 Å². The Morgan fingerprint density at radius 2 is 1.86 bits per heavy atom. The number of nitro benzene ring substituents is 1. The van der Waals surface area contributed by atoms with Crippen LogP contribution in [0.3, 0.4) is 0 Å². The van der Waals surface area contributed by atoms with E-state index < -0.39 is 4.92 Å². The molecule has 1 saturated heterocycles. The zero-order valence-corrected chi connectivity index (χ0v) is 17.0. The third kappa shape index (κ3) is 4.21. The number of benzene rings is 1. The van der Waals surface area contributed by atoms with Crippen LogP contribution in [-0.4, -0.2) is 31.2 Å². The van der Waals surface area contributed by atoms with E-state index in [-0.39, 0.29) is 5.69 Å². The average molecular weight is 412 g/mol. The molecule has 1 N–H and O–H groups in total. The van der Waals surface area contributed by atoms with Gasteiger partial charge in [-0.05, 0) is 36.8 Å². The fraction of sp³-hybridized carbons (Fsp3) is 0.429. The van der Waals surface area contributed by atoms with Crippen LogP contribution in [0.4, 0.5) is 11.5 Å². The number of rotatable bonds is 5. The highest BCUT2D eigenvalue weighted by Crippen LogP contribution is 2.35. The van der Waals surface area contributed by atoms with E-state index in [1.54, 1.807) is 23.9 Å². The second-order valence-electron chi connectivity index (χ2n) is 7.27. The summed E-state index contributed by atoms with van der Waals surface area (Å²) in [4.78, 5) is 16.4. The van der Waals surface area contributed by atoms with Crippen molar-refractivity contribution >= 4 is 23.3 Å². The Balaban J connectivity index is 1.64. The van der Waals surface area contributed by atoms with Crippen LogP contribution in [0.5, 0.6) is 0 Å². The number of nitriles is 1. The molecule has 1 aliphatic heterocycles. The molecule has 2 aliphatic rings. The number of nitrogens with zero attached hydrogens (tertiary/aromatic N) is 3. The van der Waals surface area contributed by atoms with Crippen LogP contribution in [0.2, 0.25) is 0 Å². The molecule has 29 heavy (non-hydrogen) atoms. The molecule has 1 aliphatic carbocycles. The first kappa shape index (κ1) is 19.7. The van der Waals surface area contributed by atoms with Gasteiger partial charge in [0, 0.05) is 23.4 Å². The van der Waals surface area contributed by atoms with E-state index in [4.69, 9.17) is 4.74 Å². The van der Waals surface area contributed by atoms with E-state index in [0.717, 1.165) is 60.7 Å². The van der Waals surface area contributed by atoms with E-state index in [2.05, 4.69) is 16.0 Å². The van der Waals surface area contributed by atoms with Crippen LogP contribution >= 0.6 is 11.8 Å². The van der Waals surface area contributed by atoms with Gasteiger partial charge in [0.2, 0.25) is 0 Å².